The van der Waals surface area contributed by atoms with Crippen molar-refractivity contribution in [3.63, 3.8) is 0 Å². The zero-order valence-corrected chi connectivity index (χ0v) is 11.7. The number of nitrogens with zero attached hydrogens (tertiary/aromatic N) is 1. The van der Waals surface area contributed by atoms with E-state index in [1.54, 1.807) is 13.1 Å². The summed E-state index contributed by atoms with van der Waals surface area (Å²) in [7, 11) is 1.63. The molecule has 19 heavy (non-hydrogen) atoms. The molecule has 1 saturated carbocycles. The topological polar surface area (TPSA) is 60.8 Å². The van der Waals surface area contributed by atoms with Crippen molar-refractivity contribution in [1.82, 2.24) is 4.90 Å². The van der Waals surface area contributed by atoms with Gasteiger partial charge >= 0.3 is 0 Å². The number of halogens is 1. The molecule has 0 radical (unpaired) electrons. The van der Waals surface area contributed by atoms with Gasteiger partial charge in [0.05, 0.1) is 11.2 Å². The maximum absolute atomic E-state index is 12.2. The highest BCUT2D eigenvalue weighted by Crippen LogP contribution is 2.31. The molecular weight excluding hydrogens is 266 g/mol. The summed E-state index contributed by atoms with van der Waals surface area (Å²) in [5.41, 5.74) is -0.583. The predicted octanol–water partition coefficient (Wildman–Crippen LogP) is 2.42. The number of phenolic OH excluding ortho intramolecular Hbond substituents is 1. The van der Waals surface area contributed by atoms with Gasteiger partial charge in [-0.15, -0.1) is 0 Å². The largest absolute Gasteiger partial charge is 0.507 e. The zero-order chi connectivity index (χ0) is 14.0. The second-order valence-corrected chi connectivity index (χ2v) is 5.69. The minimum atomic E-state index is -0.785. The molecular formula is C14H18ClNO3. The summed E-state index contributed by atoms with van der Waals surface area (Å²) in [4.78, 5) is 13.7. The Labute approximate surface area is 117 Å². The molecule has 1 aromatic rings. The summed E-state index contributed by atoms with van der Waals surface area (Å²) in [6.07, 6.45) is 3.42. The second-order valence-electron chi connectivity index (χ2n) is 5.25. The van der Waals surface area contributed by atoms with Crippen molar-refractivity contribution in [3.05, 3.63) is 28.8 Å². The van der Waals surface area contributed by atoms with E-state index in [0.29, 0.717) is 5.02 Å². The van der Waals surface area contributed by atoms with Crippen LogP contribution in [0.5, 0.6) is 5.75 Å². The monoisotopic (exact) mass is 283 g/mol. The van der Waals surface area contributed by atoms with Crippen molar-refractivity contribution in [2.75, 3.05) is 13.6 Å². The maximum atomic E-state index is 12.2. The molecule has 1 aliphatic rings. The van der Waals surface area contributed by atoms with Gasteiger partial charge in [0.15, 0.2) is 0 Å². The third kappa shape index (κ3) is 3.19. The van der Waals surface area contributed by atoms with Gasteiger partial charge in [-0.2, -0.15) is 0 Å². The Kier molecular flexibility index (Phi) is 4.02. The van der Waals surface area contributed by atoms with Crippen LogP contribution in [0.25, 0.3) is 0 Å². The molecule has 2 N–H and O–H groups in total. The van der Waals surface area contributed by atoms with Crippen molar-refractivity contribution < 1.29 is 15.0 Å². The second kappa shape index (κ2) is 5.39. The van der Waals surface area contributed by atoms with E-state index < -0.39 is 5.60 Å². The number of rotatable bonds is 3. The summed E-state index contributed by atoms with van der Waals surface area (Å²) in [6, 6.07) is 4.40. The lowest BCUT2D eigenvalue weighted by atomic mass is 10.0. The number of aromatic hydroxyl groups is 1. The highest BCUT2D eigenvalue weighted by atomic mass is 35.5. The van der Waals surface area contributed by atoms with Gasteiger partial charge in [0.1, 0.15) is 5.75 Å². The van der Waals surface area contributed by atoms with Crippen LogP contribution in [0.15, 0.2) is 18.2 Å². The number of likely N-dealkylation sites (N-methyl/N-ethyl adjacent to an activating group) is 1. The fraction of sp³-hybridized carbons (Fsp3) is 0.500. The Balaban J connectivity index is 2.10. The lowest BCUT2D eigenvalue weighted by Gasteiger charge is -2.28. The van der Waals surface area contributed by atoms with Crippen LogP contribution in [0.2, 0.25) is 5.02 Å². The first-order chi connectivity index (χ1) is 8.91. The van der Waals surface area contributed by atoms with E-state index in [9.17, 15) is 15.0 Å². The van der Waals surface area contributed by atoms with Crippen molar-refractivity contribution >= 4 is 17.5 Å². The molecule has 0 saturated heterocycles. The molecule has 1 fully saturated rings. The van der Waals surface area contributed by atoms with Gasteiger partial charge in [-0.25, -0.2) is 0 Å². The number of phenols is 1. The molecule has 0 spiro atoms. The quantitative estimate of drug-likeness (QED) is 0.896. The normalized spacial score (nSPS) is 17.4. The van der Waals surface area contributed by atoms with Crippen LogP contribution in [-0.2, 0) is 0 Å². The van der Waals surface area contributed by atoms with Crippen LogP contribution in [0, 0.1) is 0 Å². The Morgan fingerprint density at radius 3 is 2.63 bits per heavy atom. The minimum Gasteiger partial charge on any atom is -0.507 e. The van der Waals surface area contributed by atoms with Crippen LogP contribution in [0.4, 0.5) is 0 Å². The standard InChI is InChI=1S/C14H18ClNO3/c1-16(9-14(19)6-2-3-7-14)13(18)11-5-4-10(15)8-12(11)17/h4-5,8,17,19H,2-3,6-7,9H2,1H3. The summed E-state index contributed by atoms with van der Waals surface area (Å²) in [6.45, 7) is 0.286. The van der Waals surface area contributed by atoms with E-state index in [0.717, 1.165) is 25.7 Å². The molecule has 0 atom stereocenters. The molecule has 0 aliphatic heterocycles. The number of hydrogen-bond acceptors (Lipinski definition) is 3. The fourth-order valence-electron chi connectivity index (χ4n) is 2.60. The van der Waals surface area contributed by atoms with Crippen LogP contribution >= 0.6 is 11.6 Å². The first kappa shape index (κ1) is 14.2. The van der Waals surface area contributed by atoms with Crippen molar-refractivity contribution in [1.29, 1.82) is 0 Å². The molecule has 5 heteroatoms. The van der Waals surface area contributed by atoms with Gasteiger partial charge in [0.2, 0.25) is 0 Å². The molecule has 0 aromatic heterocycles. The number of amides is 1. The van der Waals surface area contributed by atoms with E-state index in [1.165, 1.54) is 17.0 Å². The van der Waals surface area contributed by atoms with Gasteiger partial charge in [-0.05, 0) is 31.0 Å². The summed E-state index contributed by atoms with van der Waals surface area (Å²) >= 11 is 5.74. The van der Waals surface area contributed by atoms with Crippen LogP contribution < -0.4 is 0 Å². The molecule has 0 unspecified atom stereocenters. The van der Waals surface area contributed by atoms with E-state index in [4.69, 9.17) is 11.6 Å². The van der Waals surface area contributed by atoms with Gasteiger partial charge < -0.3 is 15.1 Å². The lowest BCUT2D eigenvalue weighted by Crippen LogP contribution is -2.42. The first-order valence-corrected chi connectivity index (χ1v) is 6.75. The van der Waals surface area contributed by atoms with Crippen LogP contribution in [0.1, 0.15) is 36.0 Å². The Hall–Kier alpha value is -1.26. The molecule has 1 aromatic carbocycles. The van der Waals surface area contributed by atoms with Crippen molar-refractivity contribution in [2.45, 2.75) is 31.3 Å². The zero-order valence-electron chi connectivity index (χ0n) is 10.9. The van der Waals surface area contributed by atoms with Crippen molar-refractivity contribution in [3.8, 4) is 5.75 Å². The number of hydrogen-bond donors (Lipinski definition) is 2. The highest BCUT2D eigenvalue weighted by Gasteiger charge is 2.33. The van der Waals surface area contributed by atoms with E-state index >= 15 is 0 Å². The number of carbonyl (C=O) groups excluding carboxylic acids is 1. The third-order valence-electron chi connectivity index (χ3n) is 3.60. The average molecular weight is 284 g/mol. The number of benzene rings is 1. The van der Waals surface area contributed by atoms with Gasteiger partial charge in [0.25, 0.3) is 5.91 Å². The molecule has 1 aliphatic carbocycles. The Morgan fingerprint density at radius 2 is 2.05 bits per heavy atom. The lowest BCUT2D eigenvalue weighted by molar-refractivity contribution is 0.0155. The Morgan fingerprint density at radius 1 is 1.42 bits per heavy atom. The maximum Gasteiger partial charge on any atom is 0.257 e. The molecule has 0 heterocycles. The minimum absolute atomic E-state index is 0.136. The SMILES string of the molecule is CN(CC1(O)CCCC1)C(=O)c1ccc(Cl)cc1O. The fourth-order valence-corrected chi connectivity index (χ4v) is 2.76. The van der Waals surface area contributed by atoms with Gasteiger partial charge in [-0.1, -0.05) is 24.4 Å². The summed E-state index contributed by atoms with van der Waals surface area (Å²) in [5, 5.41) is 20.4. The smallest absolute Gasteiger partial charge is 0.257 e. The molecule has 1 amide bonds. The molecule has 0 bridgehead atoms. The number of carbonyl (C=O) groups is 1. The van der Waals surface area contributed by atoms with Crippen LogP contribution in [0.3, 0.4) is 0 Å². The predicted molar refractivity (Wildman–Crippen MR) is 73.5 cm³/mol. The van der Waals surface area contributed by atoms with Crippen molar-refractivity contribution in [2.24, 2.45) is 0 Å². The van der Waals surface area contributed by atoms with Crippen LogP contribution in [-0.4, -0.2) is 40.2 Å². The van der Waals surface area contributed by atoms with E-state index in [-0.39, 0.29) is 23.8 Å². The third-order valence-corrected chi connectivity index (χ3v) is 3.84. The Bertz CT molecular complexity index is 484. The molecule has 4 nitrogen and oxygen atoms in total. The molecule has 2 rings (SSSR count). The molecule has 104 valence electrons. The van der Waals surface area contributed by atoms with E-state index in [1.807, 2.05) is 0 Å². The van der Waals surface area contributed by atoms with Gasteiger partial charge in [-0.3, -0.25) is 4.79 Å². The average Bonchev–Trinajstić information content (AvgIpc) is 2.75. The van der Waals surface area contributed by atoms with Gasteiger partial charge in [0, 0.05) is 18.6 Å². The first-order valence-electron chi connectivity index (χ1n) is 6.38. The number of aliphatic hydroxyl groups is 1. The summed E-state index contributed by atoms with van der Waals surface area (Å²) in [5.74, 6) is -0.447. The summed E-state index contributed by atoms with van der Waals surface area (Å²) < 4.78 is 0. The van der Waals surface area contributed by atoms with E-state index in [2.05, 4.69) is 0 Å². The highest BCUT2D eigenvalue weighted by molar-refractivity contribution is 6.30.